The molecule has 27 heavy (non-hydrogen) atoms. The number of amides is 1. The summed E-state index contributed by atoms with van der Waals surface area (Å²) in [6.45, 7) is -0.414. The van der Waals surface area contributed by atoms with Crippen LogP contribution in [0, 0.1) is 11.6 Å². The third-order valence-electron chi connectivity index (χ3n) is 3.79. The van der Waals surface area contributed by atoms with E-state index in [1.165, 1.54) is 0 Å². The highest BCUT2D eigenvalue weighted by Crippen LogP contribution is 2.32. The van der Waals surface area contributed by atoms with Crippen LogP contribution in [0.25, 0.3) is 0 Å². The van der Waals surface area contributed by atoms with E-state index < -0.39 is 39.8 Å². The number of nitrogens with zero attached hydrogens (tertiary/aromatic N) is 1. The van der Waals surface area contributed by atoms with Crippen molar-refractivity contribution in [3.05, 3.63) is 53.6 Å². The van der Waals surface area contributed by atoms with Gasteiger partial charge in [-0.15, -0.1) is 0 Å². The van der Waals surface area contributed by atoms with E-state index in [-0.39, 0.29) is 13.3 Å². The Morgan fingerprint density at radius 2 is 1.89 bits per heavy atom. The first-order chi connectivity index (χ1) is 12.7. The fourth-order valence-corrected chi connectivity index (χ4v) is 3.36. The number of carbonyl (C=O) groups excluding carboxylic acids is 1. The molecule has 10 heteroatoms. The molecule has 0 atom stereocenters. The highest BCUT2D eigenvalue weighted by Gasteiger charge is 2.24. The summed E-state index contributed by atoms with van der Waals surface area (Å²) >= 11 is 0. The Balaban J connectivity index is 1.70. The van der Waals surface area contributed by atoms with E-state index in [1.807, 2.05) is 0 Å². The number of rotatable bonds is 6. The van der Waals surface area contributed by atoms with Crippen molar-refractivity contribution in [1.29, 1.82) is 0 Å². The second-order valence-electron chi connectivity index (χ2n) is 5.83. The summed E-state index contributed by atoms with van der Waals surface area (Å²) in [7, 11) is -3.97. The van der Waals surface area contributed by atoms with E-state index in [9.17, 15) is 22.0 Å². The minimum absolute atomic E-state index is 0.110. The van der Waals surface area contributed by atoms with E-state index >= 15 is 0 Å². The van der Waals surface area contributed by atoms with Crippen LogP contribution >= 0.6 is 0 Å². The van der Waals surface area contributed by atoms with Crippen LogP contribution < -0.4 is 19.1 Å². The van der Waals surface area contributed by atoms with Crippen LogP contribution in [0.15, 0.2) is 36.4 Å². The predicted octanol–water partition coefficient (Wildman–Crippen LogP) is 1.78. The fourth-order valence-electron chi connectivity index (χ4n) is 2.50. The summed E-state index contributed by atoms with van der Waals surface area (Å²) in [5.41, 5.74) is 0.309. The molecule has 0 aromatic heterocycles. The number of carbonyl (C=O) groups is 1. The zero-order valence-corrected chi connectivity index (χ0v) is 15.1. The average molecular weight is 398 g/mol. The quantitative estimate of drug-likeness (QED) is 0.802. The number of hydrogen-bond acceptors (Lipinski definition) is 5. The van der Waals surface area contributed by atoms with Crippen LogP contribution in [-0.4, -0.2) is 33.9 Å². The highest BCUT2D eigenvalue weighted by atomic mass is 32.2. The third kappa shape index (κ3) is 4.45. The smallest absolute Gasteiger partial charge is 0.241 e. The van der Waals surface area contributed by atoms with E-state index in [2.05, 4.69) is 5.32 Å². The zero-order chi connectivity index (χ0) is 19.6. The molecule has 0 saturated carbocycles. The number of halogens is 2. The van der Waals surface area contributed by atoms with Crippen LogP contribution in [0.5, 0.6) is 11.5 Å². The molecule has 0 fully saturated rings. The molecule has 0 aliphatic carbocycles. The molecule has 3 rings (SSSR count). The largest absolute Gasteiger partial charge is 0.454 e. The van der Waals surface area contributed by atoms with Gasteiger partial charge in [-0.05, 0) is 29.8 Å². The molecule has 144 valence electrons. The molecule has 7 nitrogen and oxygen atoms in total. The fraction of sp³-hybridized carbons (Fsp3) is 0.235. The maximum atomic E-state index is 14.0. The second kappa shape index (κ2) is 7.39. The average Bonchev–Trinajstić information content (AvgIpc) is 3.05. The molecule has 0 saturated heterocycles. The van der Waals surface area contributed by atoms with Gasteiger partial charge in [0, 0.05) is 12.6 Å². The normalized spacial score (nSPS) is 12.7. The number of sulfonamides is 1. The van der Waals surface area contributed by atoms with E-state index in [1.54, 1.807) is 18.2 Å². The van der Waals surface area contributed by atoms with Crippen molar-refractivity contribution in [2.45, 2.75) is 6.54 Å². The van der Waals surface area contributed by atoms with Gasteiger partial charge in [-0.1, -0.05) is 6.07 Å². The molecule has 2 aromatic rings. The third-order valence-corrected chi connectivity index (χ3v) is 4.92. The zero-order valence-electron chi connectivity index (χ0n) is 14.2. The molecular weight excluding hydrogens is 382 g/mol. The Labute approximate surface area is 154 Å². The summed E-state index contributed by atoms with van der Waals surface area (Å²) in [6, 6.07) is 7.55. The minimum Gasteiger partial charge on any atom is -0.454 e. The number of fused-ring (bicyclic) bond motifs is 1. The Morgan fingerprint density at radius 3 is 2.59 bits per heavy atom. The summed E-state index contributed by atoms with van der Waals surface area (Å²) in [4.78, 5) is 12.2. The standard InChI is InChI=1S/C17H16F2N2O5S/c1-27(23,24)21(14-4-3-12(18)7-13(14)19)9-17(22)20-8-11-2-5-15-16(6-11)26-10-25-15/h2-7H,8-10H2,1H3,(H,20,22). The number of hydrogen-bond donors (Lipinski definition) is 1. The number of benzene rings is 2. The van der Waals surface area contributed by atoms with E-state index in [0.29, 0.717) is 27.4 Å². The van der Waals surface area contributed by atoms with Gasteiger partial charge < -0.3 is 14.8 Å². The lowest BCUT2D eigenvalue weighted by molar-refractivity contribution is -0.119. The van der Waals surface area contributed by atoms with Crippen molar-refractivity contribution in [3.8, 4) is 11.5 Å². The van der Waals surface area contributed by atoms with E-state index in [0.717, 1.165) is 18.4 Å². The van der Waals surface area contributed by atoms with Gasteiger partial charge in [-0.25, -0.2) is 17.2 Å². The lowest BCUT2D eigenvalue weighted by Crippen LogP contribution is -2.40. The van der Waals surface area contributed by atoms with Crippen molar-refractivity contribution in [3.63, 3.8) is 0 Å². The van der Waals surface area contributed by atoms with Gasteiger partial charge in [0.15, 0.2) is 11.5 Å². The molecule has 1 amide bonds. The van der Waals surface area contributed by atoms with Crippen LogP contribution in [0.2, 0.25) is 0 Å². The van der Waals surface area contributed by atoms with Crippen molar-refractivity contribution in [1.82, 2.24) is 5.32 Å². The maximum absolute atomic E-state index is 14.0. The first-order valence-electron chi connectivity index (χ1n) is 7.82. The summed E-state index contributed by atoms with van der Waals surface area (Å²) in [5, 5.41) is 2.56. The SMILES string of the molecule is CS(=O)(=O)N(CC(=O)NCc1ccc2c(c1)OCO2)c1ccc(F)cc1F. The maximum Gasteiger partial charge on any atom is 0.241 e. The van der Waals surface area contributed by atoms with Gasteiger partial charge >= 0.3 is 0 Å². The molecule has 0 spiro atoms. The van der Waals surface area contributed by atoms with E-state index in [4.69, 9.17) is 9.47 Å². The molecule has 1 N–H and O–H groups in total. The van der Waals surface area contributed by atoms with Gasteiger partial charge in [0.25, 0.3) is 0 Å². The Hall–Kier alpha value is -2.88. The predicted molar refractivity (Wildman–Crippen MR) is 93.0 cm³/mol. The molecular formula is C17H16F2N2O5S. The molecule has 1 aliphatic heterocycles. The van der Waals surface area contributed by atoms with Crippen molar-refractivity contribution >= 4 is 21.6 Å². The monoisotopic (exact) mass is 398 g/mol. The molecule has 2 aromatic carbocycles. The molecule has 0 radical (unpaired) electrons. The number of anilines is 1. The van der Waals surface area contributed by atoms with Crippen LogP contribution in [0.1, 0.15) is 5.56 Å². The molecule has 0 bridgehead atoms. The second-order valence-corrected chi connectivity index (χ2v) is 7.74. The first-order valence-corrected chi connectivity index (χ1v) is 9.67. The van der Waals surface area contributed by atoms with Crippen LogP contribution in [-0.2, 0) is 21.4 Å². The summed E-state index contributed by atoms with van der Waals surface area (Å²) in [5.74, 6) is -1.43. The van der Waals surface area contributed by atoms with Crippen molar-refractivity contribution in [2.75, 3.05) is 23.9 Å². The van der Waals surface area contributed by atoms with Crippen LogP contribution in [0.4, 0.5) is 14.5 Å². The molecule has 1 heterocycles. The molecule has 1 aliphatic rings. The lowest BCUT2D eigenvalue weighted by atomic mass is 10.2. The molecule has 0 unspecified atom stereocenters. The van der Waals surface area contributed by atoms with Gasteiger partial charge in [0.2, 0.25) is 22.7 Å². The summed E-state index contributed by atoms with van der Waals surface area (Å²) < 4.78 is 62.0. The van der Waals surface area contributed by atoms with Gasteiger partial charge in [0.1, 0.15) is 18.2 Å². The Bertz CT molecular complexity index is 981. The number of nitrogens with one attached hydrogen (secondary N) is 1. The first kappa shape index (κ1) is 18.9. The van der Waals surface area contributed by atoms with Crippen molar-refractivity contribution < 1.29 is 31.5 Å². The topological polar surface area (TPSA) is 84.9 Å². The van der Waals surface area contributed by atoms with Crippen LogP contribution in [0.3, 0.4) is 0 Å². The highest BCUT2D eigenvalue weighted by molar-refractivity contribution is 7.92. The Kier molecular flexibility index (Phi) is 5.17. The van der Waals surface area contributed by atoms with Crippen molar-refractivity contribution in [2.24, 2.45) is 0 Å². The summed E-state index contributed by atoms with van der Waals surface area (Å²) in [6.07, 6.45) is 0.834. The van der Waals surface area contributed by atoms with Gasteiger partial charge in [-0.3, -0.25) is 9.10 Å². The minimum atomic E-state index is -3.97. The van der Waals surface area contributed by atoms with Gasteiger partial charge in [0.05, 0.1) is 11.9 Å². The number of ether oxygens (including phenoxy) is 2. The lowest BCUT2D eigenvalue weighted by Gasteiger charge is -2.22. The Morgan fingerprint density at radius 1 is 1.15 bits per heavy atom. The van der Waals surface area contributed by atoms with Gasteiger partial charge in [-0.2, -0.15) is 0 Å².